The SMILES string of the molecule is CC1CN(C(=O)c2cccc3[nH]ccc23)CC1N(C)C. The Morgan fingerprint density at radius 1 is 1.30 bits per heavy atom. The fourth-order valence-electron chi connectivity index (χ4n) is 3.23. The third kappa shape index (κ3) is 2.10. The lowest BCUT2D eigenvalue weighted by atomic mass is 10.1. The number of nitrogens with zero attached hydrogens (tertiary/aromatic N) is 2. The molecule has 1 aromatic heterocycles. The number of fused-ring (bicyclic) bond motifs is 1. The molecule has 3 rings (SSSR count). The van der Waals surface area contributed by atoms with Gasteiger partial charge in [0.05, 0.1) is 0 Å². The Bertz CT molecular complexity index is 631. The maximum atomic E-state index is 12.8. The number of carbonyl (C=O) groups is 1. The maximum Gasteiger partial charge on any atom is 0.254 e. The molecule has 0 spiro atoms. The van der Waals surface area contributed by atoms with Crippen molar-refractivity contribution in [3.05, 3.63) is 36.0 Å². The molecule has 20 heavy (non-hydrogen) atoms. The number of rotatable bonds is 2. The normalized spacial score (nSPS) is 22.9. The van der Waals surface area contributed by atoms with Gasteiger partial charge in [0, 0.05) is 41.8 Å². The van der Waals surface area contributed by atoms with E-state index in [1.165, 1.54) is 0 Å². The first-order chi connectivity index (χ1) is 9.58. The lowest BCUT2D eigenvalue weighted by Gasteiger charge is -2.22. The second kappa shape index (κ2) is 4.94. The third-order valence-electron chi connectivity index (χ3n) is 4.35. The number of amides is 1. The molecule has 2 aromatic rings. The van der Waals surface area contributed by atoms with E-state index in [1.54, 1.807) is 0 Å². The highest BCUT2D eigenvalue weighted by Gasteiger charge is 2.34. The van der Waals surface area contributed by atoms with E-state index >= 15 is 0 Å². The summed E-state index contributed by atoms with van der Waals surface area (Å²) in [7, 11) is 4.17. The number of nitrogens with one attached hydrogen (secondary N) is 1. The van der Waals surface area contributed by atoms with Crippen LogP contribution in [0.4, 0.5) is 0 Å². The number of likely N-dealkylation sites (tertiary alicyclic amines) is 1. The van der Waals surface area contributed by atoms with Crippen molar-refractivity contribution in [2.75, 3.05) is 27.2 Å². The number of hydrogen-bond donors (Lipinski definition) is 1. The van der Waals surface area contributed by atoms with Crippen LogP contribution in [-0.2, 0) is 0 Å². The number of carbonyl (C=O) groups excluding carboxylic acids is 1. The highest BCUT2D eigenvalue weighted by atomic mass is 16.2. The first-order valence-corrected chi connectivity index (χ1v) is 7.09. The van der Waals surface area contributed by atoms with Gasteiger partial charge in [0.2, 0.25) is 0 Å². The molecular formula is C16H21N3O. The summed E-state index contributed by atoms with van der Waals surface area (Å²) in [5.74, 6) is 0.658. The fraction of sp³-hybridized carbons (Fsp3) is 0.438. The van der Waals surface area contributed by atoms with E-state index in [9.17, 15) is 4.79 Å². The first kappa shape index (κ1) is 13.2. The van der Waals surface area contributed by atoms with Crippen LogP contribution in [0.25, 0.3) is 10.9 Å². The number of benzene rings is 1. The molecule has 0 saturated carbocycles. The van der Waals surface area contributed by atoms with Gasteiger partial charge in [-0.05, 0) is 38.2 Å². The Morgan fingerprint density at radius 3 is 2.80 bits per heavy atom. The quantitative estimate of drug-likeness (QED) is 0.909. The summed E-state index contributed by atoms with van der Waals surface area (Å²) >= 11 is 0. The molecule has 2 unspecified atom stereocenters. The summed E-state index contributed by atoms with van der Waals surface area (Å²) in [4.78, 5) is 20.1. The van der Waals surface area contributed by atoms with E-state index in [1.807, 2.05) is 35.4 Å². The van der Waals surface area contributed by atoms with Gasteiger partial charge in [0.1, 0.15) is 0 Å². The van der Waals surface area contributed by atoms with Crippen LogP contribution in [-0.4, -0.2) is 53.9 Å². The number of H-pyrrole nitrogens is 1. The van der Waals surface area contributed by atoms with Crippen LogP contribution in [0.3, 0.4) is 0 Å². The molecular weight excluding hydrogens is 250 g/mol. The molecule has 1 aliphatic heterocycles. The lowest BCUT2D eigenvalue weighted by molar-refractivity contribution is 0.0783. The zero-order chi connectivity index (χ0) is 14.3. The smallest absolute Gasteiger partial charge is 0.254 e. The molecule has 4 heteroatoms. The van der Waals surface area contributed by atoms with Crippen LogP contribution in [0.2, 0.25) is 0 Å². The summed E-state index contributed by atoms with van der Waals surface area (Å²) < 4.78 is 0. The van der Waals surface area contributed by atoms with Gasteiger partial charge < -0.3 is 14.8 Å². The Kier molecular flexibility index (Phi) is 3.26. The van der Waals surface area contributed by atoms with Crippen molar-refractivity contribution in [2.45, 2.75) is 13.0 Å². The van der Waals surface area contributed by atoms with E-state index < -0.39 is 0 Å². The molecule has 1 N–H and O–H groups in total. The lowest BCUT2D eigenvalue weighted by Crippen LogP contribution is -2.35. The van der Waals surface area contributed by atoms with E-state index in [-0.39, 0.29) is 5.91 Å². The molecule has 1 aromatic carbocycles. The van der Waals surface area contributed by atoms with Gasteiger partial charge in [-0.25, -0.2) is 0 Å². The Hall–Kier alpha value is -1.81. The largest absolute Gasteiger partial charge is 0.361 e. The minimum Gasteiger partial charge on any atom is -0.361 e. The van der Waals surface area contributed by atoms with Crippen LogP contribution in [0.15, 0.2) is 30.5 Å². The van der Waals surface area contributed by atoms with E-state index in [0.717, 1.165) is 29.6 Å². The average Bonchev–Trinajstić information content (AvgIpc) is 3.03. The highest BCUT2D eigenvalue weighted by molar-refractivity contribution is 6.06. The summed E-state index contributed by atoms with van der Waals surface area (Å²) in [5.41, 5.74) is 1.82. The highest BCUT2D eigenvalue weighted by Crippen LogP contribution is 2.24. The molecule has 106 valence electrons. The van der Waals surface area contributed by atoms with Crippen LogP contribution < -0.4 is 0 Å². The van der Waals surface area contributed by atoms with Gasteiger partial charge in [-0.15, -0.1) is 0 Å². The van der Waals surface area contributed by atoms with E-state index in [0.29, 0.717) is 12.0 Å². The molecule has 1 aliphatic rings. The topological polar surface area (TPSA) is 39.3 Å². The maximum absolute atomic E-state index is 12.8. The van der Waals surface area contributed by atoms with E-state index in [4.69, 9.17) is 0 Å². The summed E-state index contributed by atoms with van der Waals surface area (Å²) in [6.45, 7) is 3.87. The standard InChI is InChI=1S/C16H21N3O/c1-11-9-19(10-15(11)18(2)3)16(20)13-5-4-6-14-12(13)7-8-17-14/h4-8,11,15,17H,9-10H2,1-3H3. The van der Waals surface area contributed by atoms with Gasteiger partial charge in [0.15, 0.2) is 0 Å². The van der Waals surface area contributed by atoms with Crippen molar-refractivity contribution in [3.63, 3.8) is 0 Å². The summed E-state index contributed by atoms with van der Waals surface area (Å²) in [5, 5.41) is 1.01. The summed E-state index contributed by atoms with van der Waals surface area (Å²) in [6.07, 6.45) is 1.89. The third-order valence-corrected chi connectivity index (χ3v) is 4.35. The second-order valence-corrected chi connectivity index (χ2v) is 5.96. The Labute approximate surface area is 119 Å². The van der Waals surface area contributed by atoms with Gasteiger partial charge in [-0.3, -0.25) is 4.79 Å². The average molecular weight is 271 g/mol. The van der Waals surface area contributed by atoms with Crippen molar-refractivity contribution >= 4 is 16.8 Å². The molecule has 0 aliphatic carbocycles. The molecule has 4 nitrogen and oxygen atoms in total. The van der Waals surface area contributed by atoms with Crippen molar-refractivity contribution in [1.29, 1.82) is 0 Å². The molecule has 1 fully saturated rings. The first-order valence-electron chi connectivity index (χ1n) is 7.09. The Balaban J connectivity index is 1.88. The zero-order valence-electron chi connectivity index (χ0n) is 12.3. The predicted molar refractivity (Wildman–Crippen MR) is 80.8 cm³/mol. The molecule has 1 amide bonds. The molecule has 0 bridgehead atoms. The van der Waals surface area contributed by atoms with Gasteiger partial charge in [-0.1, -0.05) is 13.0 Å². The number of aromatic nitrogens is 1. The van der Waals surface area contributed by atoms with Crippen LogP contribution in [0.1, 0.15) is 17.3 Å². The van der Waals surface area contributed by atoms with Crippen molar-refractivity contribution < 1.29 is 4.79 Å². The minimum absolute atomic E-state index is 0.145. The molecule has 1 saturated heterocycles. The number of likely N-dealkylation sites (N-methyl/N-ethyl adjacent to an activating group) is 1. The molecule has 2 atom stereocenters. The van der Waals surface area contributed by atoms with Gasteiger partial charge >= 0.3 is 0 Å². The molecule has 2 heterocycles. The van der Waals surface area contributed by atoms with Crippen LogP contribution in [0.5, 0.6) is 0 Å². The number of hydrogen-bond acceptors (Lipinski definition) is 2. The zero-order valence-corrected chi connectivity index (χ0v) is 12.3. The summed E-state index contributed by atoms with van der Waals surface area (Å²) in [6, 6.07) is 8.29. The van der Waals surface area contributed by atoms with Crippen molar-refractivity contribution in [2.24, 2.45) is 5.92 Å². The minimum atomic E-state index is 0.145. The van der Waals surface area contributed by atoms with Crippen molar-refractivity contribution in [3.8, 4) is 0 Å². The monoisotopic (exact) mass is 271 g/mol. The second-order valence-electron chi connectivity index (χ2n) is 5.96. The predicted octanol–water partition coefficient (Wildman–Crippen LogP) is 2.19. The van der Waals surface area contributed by atoms with Crippen molar-refractivity contribution in [1.82, 2.24) is 14.8 Å². The number of aromatic amines is 1. The van der Waals surface area contributed by atoms with Gasteiger partial charge in [-0.2, -0.15) is 0 Å². The Morgan fingerprint density at radius 2 is 2.10 bits per heavy atom. The molecule has 0 radical (unpaired) electrons. The van der Waals surface area contributed by atoms with E-state index in [2.05, 4.69) is 30.9 Å². The van der Waals surface area contributed by atoms with Crippen LogP contribution in [0, 0.1) is 5.92 Å². The van der Waals surface area contributed by atoms with Gasteiger partial charge in [0.25, 0.3) is 5.91 Å². The fourth-order valence-corrected chi connectivity index (χ4v) is 3.23. The van der Waals surface area contributed by atoms with Crippen LogP contribution >= 0.6 is 0 Å².